The summed E-state index contributed by atoms with van der Waals surface area (Å²) in [6.07, 6.45) is 0. The summed E-state index contributed by atoms with van der Waals surface area (Å²) in [6, 6.07) is 7.85. The van der Waals surface area contributed by atoms with Crippen LogP contribution in [0.25, 0.3) is 11.3 Å². The van der Waals surface area contributed by atoms with Gasteiger partial charge in [0.25, 0.3) is 0 Å². The van der Waals surface area contributed by atoms with Crippen LogP contribution in [-0.2, 0) is 6.54 Å². The lowest BCUT2D eigenvalue weighted by Gasteiger charge is -2.01. The van der Waals surface area contributed by atoms with Crippen LogP contribution < -0.4 is 5.73 Å². The van der Waals surface area contributed by atoms with Gasteiger partial charge >= 0.3 is 0 Å². The van der Waals surface area contributed by atoms with E-state index >= 15 is 0 Å². The van der Waals surface area contributed by atoms with Crippen molar-refractivity contribution in [2.75, 3.05) is 12.3 Å². The number of aromatic nitrogens is 2. The molecular formula is C12H14BrN3O. The predicted octanol–water partition coefficient (Wildman–Crippen LogP) is 2.20. The van der Waals surface area contributed by atoms with E-state index in [4.69, 9.17) is 10.8 Å². The van der Waals surface area contributed by atoms with Crippen molar-refractivity contribution in [3.05, 3.63) is 34.3 Å². The Labute approximate surface area is 108 Å². The molecule has 0 saturated heterocycles. The van der Waals surface area contributed by atoms with Crippen molar-refractivity contribution < 1.29 is 5.11 Å². The van der Waals surface area contributed by atoms with E-state index < -0.39 is 0 Å². The lowest BCUT2D eigenvalue weighted by Crippen LogP contribution is -2.07. The fourth-order valence-electron chi connectivity index (χ4n) is 1.65. The van der Waals surface area contributed by atoms with Gasteiger partial charge in [-0.1, -0.05) is 22.0 Å². The molecule has 0 amide bonds. The number of hydrogen-bond acceptors (Lipinski definition) is 3. The SMILES string of the molecule is Cc1cc(-c2cc(N)n(CCO)n2)ccc1Br. The number of aliphatic hydroxyl groups excluding tert-OH is 1. The standard InChI is InChI=1S/C12H14BrN3O/c1-8-6-9(2-3-10(8)13)11-7-12(14)16(15-11)4-5-17/h2-3,6-7,17H,4-5,14H2,1H3. The first-order valence-corrected chi connectivity index (χ1v) is 6.12. The van der Waals surface area contributed by atoms with E-state index in [2.05, 4.69) is 27.1 Å². The summed E-state index contributed by atoms with van der Waals surface area (Å²) in [5, 5.41) is 13.2. The molecule has 0 saturated carbocycles. The molecule has 2 rings (SSSR count). The Morgan fingerprint density at radius 1 is 1.41 bits per heavy atom. The van der Waals surface area contributed by atoms with E-state index in [1.165, 1.54) is 0 Å². The van der Waals surface area contributed by atoms with Crippen LogP contribution in [0.3, 0.4) is 0 Å². The molecule has 90 valence electrons. The van der Waals surface area contributed by atoms with Crippen molar-refractivity contribution in [3.63, 3.8) is 0 Å². The summed E-state index contributed by atoms with van der Waals surface area (Å²) in [7, 11) is 0. The number of anilines is 1. The molecule has 4 nitrogen and oxygen atoms in total. The highest BCUT2D eigenvalue weighted by Crippen LogP contribution is 2.25. The van der Waals surface area contributed by atoms with Gasteiger partial charge in [-0.05, 0) is 24.6 Å². The molecule has 1 heterocycles. The van der Waals surface area contributed by atoms with Gasteiger partial charge in [0, 0.05) is 16.1 Å². The van der Waals surface area contributed by atoms with E-state index in [0.29, 0.717) is 12.4 Å². The zero-order valence-corrected chi connectivity index (χ0v) is 11.1. The lowest BCUT2D eigenvalue weighted by molar-refractivity contribution is 0.270. The molecule has 0 bridgehead atoms. The number of nitrogens with two attached hydrogens (primary N) is 1. The normalized spacial score (nSPS) is 10.8. The molecule has 0 fully saturated rings. The summed E-state index contributed by atoms with van der Waals surface area (Å²) in [4.78, 5) is 0. The highest BCUT2D eigenvalue weighted by atomic mass is 79.9. The van der Waals surface area contributed by atoms with Gasteiger partial charge in [-0.15, -0.1) is 0 Å². The monoisotopic (exact) mass is 295 g/mol. The first-order chi connectivity index (χ1) is 8.11. The first-order valence-electron chi connectivity index (χ1n) is 5.32. The number of aliphatic hydroxyl groups is 1. The summed E-state index contributed by atoms with van der Waals surface area (Å²) >= 11 is 3.46. The number of rotatable bonds is 3. The maximum Gasteiger partial charge on any atom is 0.122 e. The number of nitrogen functional groups attached to an aromatic ring is 1. The molecule has 5 heteroatoms. The van der Waals surface area contributed by atoms with Gasteiger partial charge in [0.1, 0.15) is 5.82 Å². The number of hydrogen-bond donors (Lipinski definition) is 2. The van der Waals surface area contributed by atoms with Crippen LogP contribution in [-0.4, -0.2) is 21.5 Å². The highest BCUT2D eigenvalue weighted by molar-refractivity contribution is 9.10. The van der Waals surface area contributed by atoms with Crippen LogP contribution in [0.15, 0.2) is 28.7 Å². The molecule has 0 spiro atoms. The summed E-state index contributed by atoms with van der Waals surface area (Å²) < 4.78 is 2.68. The number of benzene rings is 1. The van der Waals surface area contributed by atoms with E-state index in [1.54, 1.807) is 4.68 Å². The summed E-state index contributed by atoms with van der Waals surface area (Å²) in [6.45, 7) is 2.48. The molecule has 1 aromatic heterocycles. The van der Waals surface area contributed by atoms with E-state index in [1.807, 2.05) is 25.1 Å². The lowest BCUT2D eigenvalue weighted by atomic mass is 10.1. The number of nitrogens with zero attached hydrogens (tertiary/aromatic N) is 2. The van der Waals surface area contributed by atoms with Gasteiger partial charge in [-0.2, -0.15) is 5.10 Å². The van der Waals surface area contributed by atoms with Gasteiger partial charge in [0.05, 0.1) is 18.8 Å². The van der Waals surface area contributed by atoms with Gasteiger partial charge < -0.3 is 10.8 Å². The third kappa shape index (κ3) is 2.50. The van der Waals surface area contributed by atoms with Crippen LogP contribution in [0.4, 0.5) is 5.82 Å². The second kappa shape index (κ2) is 4.89. The van der Waals surface area contributed by atoms with Crippen LogP contribution in [0.2, 0.25) is 0 Å². The highest BCUT2D eigenvalue weighted by Gasteiger charge is 2.07. The number of aryl methyl sites for hydroxylation is 1. The Balaban J connectivity index is 2.39. The Hall–Kier alpha value is -1.33. The third-order valence-electron chi connectivity index (χ3n) is 2.58. The predicted molar refractivity (Wildman–Crippen MR) is 71.6 cm³/mol. The fraction of sp³-hybridized carbons (Fsp3) is 0.250. The van der Waals surface area contributed by atoms with Gasteiger partial charge in [-0.25, -0.2) is 4.68 Å². The van der Waals surface area contributed by atoms with Gasteiger partial charge in [-0.3, -0.25) is 0 Å². The molecule has 0 atom stereocenters. The Morgan fingerprint density at radius 3 is 2.82 bits per heavy atom. The second-order valence-corrected chi connectivity index (χ2v) is 4.72. The van der Waals surface area contributed by atoms with Crippen LogP contribution in [0.5, 0.6) is 0 Å². The van der Waals surface area contributed by atoms with E-state index in [0.717, 1.165) is 21.3 Å². The van der Waals surface area contributed by atoms with Gasteiger partial charge in [0.2, 0.25) is 0 Å². The Bertz CT molecular complexity index is 537. The minimum absolute atomic E-state index is 0.0324. The van der Waals surface area contributed by atoms with Crippen LogP contribution >= 0.6 is 15.9 Å². The second-order valence-electron chi connectivity index (χ2n) is 3.87. The molecular weight excluding hydrogens is 282 g/mol. The Morgan fingerprint density at radius 2 is 2.18 bits per heavy atom. The topological polar surface area (TPSA) is 64.1 Å². The summed E-state index contributed by atoms with van der Waals surface area (Å²) in [5.41, 5.74) is 8.81. The zero-order chi connectivity index (χ0) is 12.4. The van der Waals surface area contributed by atoms with Crippen molar-refractivity contribution in [1.29, 1.82) is 0 Å². The maximum absolute atomic E-state index is 8.88. The van der Waals surface area contributed by atoms with Crippen molar-refractivity contribution in [3.8, 4) is 11.3 Å². The quantitative estimate of drug-likeness (QED) is 0.912. The Kier molecular flexibility index (Phi) is 3.49. The molecule has 0 unspecified atom stereocenters. The van der Waals surface area contributed by atoms with Crippen molar-refractivity contribution in [1.82, 2.24) is 9.78 Å². The average molecular weight is 296 g/mol. The van der Waals surface area contributed by atoms with E-state index in [9.17, 15) is 0 Å². The van der Waals surface area contributed by atoms with Crippen molar-refractivity contribution in [2.24, 2.45) is 0 Å². The fourth-order valence-corrected chi connectivity index (χ4v) is 1.90. The average Bonchev–Trinajstić information content (AvgIpc) is 2.65. The van der Waals surface area contributed by atoms with Crippen LogP contribution in [0.1, 0.15) is 5.56 Å². The molecule has 1 aromatic carbocycles. The molecule has 0 radical (unpaired) electrons. The van der Waals surface area contributed by atoms with Crippen molar-refractivity contribution in [2.45, 2.75) is 13.5 Å². The first kappa shape index (κ1) is 12.1. The van der Waals surface area contributed by atoms with E-state index in [-0.39, 0.29) is 6.61 Å². The third-order valence-corrected chi connectivity index (χ3v) is 3.47. The molecule has 0 aliphatic rings. The van der Waals surface area contributed by atoms with Gasteiger partial charge in [0.15, 0.2) is 0 Å². The van der Waals surface area contributed by atoms with Crippen molar-refractivity contribution >= 4 is 21.7 Å². The molecule has 0 aliphatic carbocycles. The molecule has 2 aromatic rings. The largest absolute Gasteiger partial charge is 0.394 e. The molecule has 17 heavy (non-hydrogen) atoms. The van der Waals surface area contributed by atoms with Crippen LogP contribution in [0, 0.1) is 6.92 Å². The minimum Gasteiger partial charge on any atom is -0.394 e. The number of halogens is 1. The smallest absolute Gasteiger partial charge is 0.122 e. The molecule has 0 aliphatic heterocycles. The summed E-state index contributed by atoms with van der Waals surface area (Å²) in [5.74, 6) is 0.564. The zero-order valence-electron chi connectivity index (χ0n) is 9.52. The maximum atomic E-state index is 8.88. The minimum atomic E-state index is 0.0324. The molecule has 3 N–H and O–H groups in total.